The molecule has 0 saturated carbocycles. The van der Waals surface area contributed by atoms with Crippen molar-refractivity contribution in [1.29, 1.82) is 0 Å². The zero-order chi connectivity index (χ0) is 12.8. The van der Waals surface area contributed by atoms with Gasteiger partial charge in [-0.05, 0) is 18.6 Å². The van der Waals surface area contributed by atoms with Gasteiger partial charge in [-0.2, -0.15) is 0 Å². The third-order valence-corrected chi connectivity index (χ3v) is 2.13. The number of oxime groups is 1. The summed E-state index contributed by atoms with van der Waals surface area (Å²) in [5.74, 6) is 0.470. The van der Waals surface area contributed by atoms with Gasteiger partial charge in [-0.25, -0.2) is 0 Å². The Bertz CT molecular complexity index is 445. The monoisotopic (exact) mass is 239 g/mol. The Morgan fingerprint density at radius 3 is 2.94 bits per heavy atom. The maximum Gasteiger partial charge on any atom is 0.273 e. The van der Waals surface area contributed by atoms with Crippen molar-refractivity contribution in [3.8, 4) is 5.75 Å². The maximum atomic E-state index is 10.6. The number of nitrogens with zero attached hydrogens (tertiary/aromatic N) is 2. The summed E-state index contributed by atoms with van der Waals surface area (Å²) < 4.78 is 5.32. The average Bonchev–Trinajstić information content (AvgIpc) is 2.30. The molecule has 1 aromatic carbocycles. The van der Waals surface area contributed by atoms with E-state index < -0.39 is 4.92 Å². The van der Waals surface area contributed by atoms with Gasteiger partial charge >= 0.3 is 0 Å². The molecule has 0 spiro atoms. The van der Waals surface area contributed by atoms with E-state index in [1.54, 1.807) is 13.0 Å². The molecule has 1 rings (SSSR count). The number of hydrogen-bond acceptors (Lipinski definition) is 5. The summed E-state index contributed by atoms with van der Waals surface area (Å²) in [4.78, 5) is 10.1. The van der Waals surface area contributed by atoms with Gasteiger partial charge in [0.1, 0.15) is 11.6 Å². The van der Waals surface area contributed by atoms with Crippen molar-refractivity contribution >= 4 is 11.5 Å². The Morgan fingerprint density at radius 1 is 1.65 bits per heavy atom. The summed E-state index contributed by atoms with van der Waals surface area (Å²) >= 11 is 0. The number of benzene rings is 1. The molecule has 0 fully saturated rings. The fourth-order valence-corrected chi connectivity index (χ4v) is 1.17. The van der Waals surface area contributed by atoms with Crippen LogP contribution < -0.4 is 10.5 Å². The van der Waals surface area contributed by atoms with Gasteiger partial charge in [-0.1, -0.05) is 5.16 Å². The Morgan fingerprint density at radius 2 is 2.35 bits per heavy atom. The van der Waals surface area contributed by atoms with E-state index in [2.05, 4.69) is 5.16 Å². The van der Waals surface area contributed by atoms with Crippen molar-refractivity contribution in [2.75, 3.05) is 6.61 Å². The number of rotatable bonds is 5. The van der Waals surface area contributed by atoms with E-state index in [0.29, 0.717) is 5.75 Å². The van der Waals surface area contributed by atoms with Crippen LogP contribution in [-0.2, 0) is 0 Å². The van der Waals surface area contributed by atoms with Crippen molar-refractivity contribution in [2.45, 2.75) is 13.3 Å². The third kappa shape index (κ3) is 3.63. The summed E-state index contributed by atoms with van der Waals surface area (Å²) in [6.07, 6.45) is 0.249. The number of hydrogen-bond donors (Lipinski definition) is 2. The zero-order valence-electron chi connectivity index (χ0n) is 9.29. The first-order valence-corrected chi connectivity index (χ1v) is 4.89. The Hall–Kier alpha value is -2.31. The number of nitro groups is 1. The highest BCUT2D eigenvalue weighted by molar-refractivity contribution is 5.79. The van der Waals surface area contributed by atoms with Gasteiger partial charge in [0.15, 0.2) is 0 Å². The lowest BCUT2D eigenvalue weighted by atomic mass is 10.2. The first kappa shape index (κ1) is 12.8. The average molecular weight is 239 g/mol. The lowest BCUT2D eigenvalue weighted by Crippen LogP contribution is -2.15. The molecule has 0 amide bonds. The minimum Gasteiger partial charge on any atom is -0.493 e. The van der Waals surface area contributed by atoms with Gasteiger partial charge in [0.25, 0.3) is 5.69 Å². The highest BCUT2D eigenvalue weighted by atomic mass is 16.6. The van der Waals surface area contributed by atoms with E-state index in [9.17, 15) is 10.1 Å². The van der Waals surface area contributed by atoms with Crippen molar-refractivity contribution in [1.82, 2.24) is 0 Å². The largest absolute Gasteiger partial charge is 0.493 e. The molecule has 0 atom stereocenters. The summed E-state index contributed by atoms with van der Waals surface area (Å²) in [6.45, 7) is 1.97. The summed E-state index contributed by atoms with van der Waals surface area (Å²) in [6, 6.07) is 4.37. The van der Waals surface area contributed by atoms with Crippen LogP contribution in [0.25, 0.3) is 0 Å². The second kappa shape index (κ2) is 5.69. The molecule has 0 aliphatic carbocycles. The van der Waals surface area contributed by atoms with E-state index in [-0.39, 0.29) is 24.6 Å². The van der Waals surface area contributed by atoms with E-state index in [1.165, 1.54) is 12.1 Å². The minimum absolute atomic E-state index is 0.0330. The van der Waals surface area contributed by atoms with Crippen molar-refractivity contribution in [3.63, 3.8) is 0 Å². The summed E-state index contributed by atoms with van der Waals surface area (Å²) in [5, 5.41) is 21.7. The molecule has 7 heteroatoms. The van der Waals surface area contributed by atoms with Crippen LogP contribution in [0, 0.1) is 17.0 Å². The molecule has 0 saturated heterocycles. The smallest absolute Gasteiger partial charge is 0.273 e. The Labute approximate surface area is 97.6 Å². The number of non-ortho nitro benzene ring substituents is 1. The van der Waals surface area contributed by atoms with Crippen molar-refractivity contribution in [3.05, 3.63) is 33.9 Å². The predicted molar refractivity (Wildman–Crippen MR) is 61.4 cm³/mol. The molecule has 3 N–H and O–H groups in total. The molecule has 0 aliphatic heterocycles. The van der Waals surface area contributed by atoms with Crippen molar-refractivity contribution in [2.24, 2.45) is 10.9 Å². The zero-order valence-corrected chi connectivity index (χ0v) is 9.29. The van der Waals surface area contributed by atoms with Gasteiger partial charge in [-0.15, -0.1) is 0 Å². The molecule has 92 valence electrons. The molecule has 17 heavy (non-hydrogen) atoms. The van der Waals surface area contributed by atoms with Crippen molar-refractivity contribution < 1.29 is 14.9 Å². The van der Waals surface area contributed by atoms with Gasteiger partial charge in [0.2, 0.25) is 0 Å². The van der Waals surface area contributed by atoms with E-state index >= 15 is 0 Å². The van der Waals surface area contributed by atoms with Crippen LogP contribution >= 0.6 is 0 Å². The van der Waals surface area contributed by atoms with E-state index in [4.69, 9.17) is 15.7 Å². The second-order valence-corrected chi connectivity index (χ2v) is 3.40. The normalized spacial score (nSPS) is 11.2. The predicted octanol–water partition coefficient (Wildman–Crippen LogP) is 1.42. The molecule has 0 bridgehead atoms. The number of aryl methyl sites for hydroxylation is 1. The fourth-order valence-electron chi connectivity index (χ4n) is 1.17. The summed E-state index contributed by atoms with van der Waals surface area (Å²) in [7, 11) is 0. The Kier molecular flexibility index (Phi) is 4.27. The second-order valence-electron chi connectivity index (χ2n) is 3.40. The maximum absolute atomic E-state index is 10.6. The number of nitrogens with two attached hydrogens (primary N) is 1. The van der Waals surface area contributed by atoms with Gasteiger partial charge in [-0.3, -0.25) is 10.1 Å². The van der Waals surface area contributed by atoms with Crippen LogP contribution in [0.15, 0.2) is 23.4 Å². The molecule has 0 radical (unpaired) electrons. The molecule has 1 aromatic rings. The summed E-state index contributed by atoms with van der Waals surface area (Å²) in [5.41, 5.74) is 6.02. The van der Waals surface area contributed by atoms with Crippen LogP contribution in [0.5, 0.6) is 5.75 Å². The lowest BCUT2D eigenvalue weighted by molar-refractivity contribution is -0.384. The first-order valence-electron chi connectivity index (χ1n) is 4.89. The van der Waals surface area contributed by atoms with Crippen LogP contribution in [0.3, 0.4) is 0 Å². The highest BCUT2D eigenvalue weighted by Crippen LogP contribution is 2.23. The lowest BCUT2D eigenvalue weighted by Gasteiger charge is -2.08. The number of amidine groups is 1. The van der Waals surface area contributed by atoms with Crippen LogP contribution in [0.2, 0.25) is 0 Å². The van der Waals surface area contributed by atoms with E-state index in [1.807, 2.05) is 0 Å². The minimum atomic E-state index is -0.490. The third-order valence-electron chi connectivity index (χ3n) is 2.13. The van der Waals surface area contributed by atoms with Crippen LogP contribution in [-0.4, -0.2) is 22.6 Å². The molecule has 0 heterocycles. The quantitative estimate of drug-likeness (QED) is 0.265. The fraction of sp³-hybridized carbons (Fsp3) is 0.300. The SMILES string of the molecule is Cc1ccc([N+](=O)[O-])cc1OCC/C(N)=N/O. The highest BCUT2D eigenvalue weighted by Gasteiger charge is 2.09. The first-order chi connectivity index (χ1) is 8.04. The van der Waals surface area contributed by atoms with Crippen LogP contribution in [0.1, 0.15) is 12.0 Å². The van der Waals surface area contributed by atoms with Gasteiger partial charge < -0.3 is 15.7 Å². The number of ether oxygens (including phenoxy) is 1. The molecular weight excluding hydrogens is 226 g/mol. The van der Waals surface area contributed by atoms with Gasteiger partial charge in [0.05, 0.1) is 17.6 Å². The molecular formula is C10H13N3O4. The molecule has 0 aliphatic rings. The number of nitro benzene ring substituents is 1. The van der Waals surface area contributed by atoms with E-state index in [0.717, 1.165) is 5.56 Å². The van der Waals surface area contributed by atoms with Gasteiger partial charge in [0, 0.05) is 12.5 Å². The molecule has 7 nitrogen and oxygen atoms in total. The standard InChI is InChI=1S/C10H13N3O4/c1-7-2-3-8(13(15)16)6-9(7)17-5-4-10(11)12-14/h2-3,6,14H,4-5H2,1H3,(H2,11,12). The van der Waals surface area contributed by atoms with Crippen LogP contribution in [0.4, 0.5) is 5.69 Å². The topological polar surface area (TPSA) is 111 Å². The Balaban J connectivity index is 2.70. The molecule has 0 aromatic heterocycles. The molecule has 0 unspecified atom stereocenters.